The lowest BCUT2D eigenvalue weighted by Crippen LogP contribution is -2.40. The molecule has 8 heteroatoms. The lowest BCUT2D eigenvalue weighted by molar-refractivity contribution is 0.0496. The number of aromatic nitrogens is 1. The number of amides is 2. The number of carbonyl (C=O) groups excluding carboxylic acids is 2. The normalized spacial score (nSPS) is 11.6. The molecule has 3 N–H and O–H groups in total. The highest BCUT2D eigenvalue weighted by atomic mass is 16.6. The highest BCUT2D eigenvalue weighted by molar-refractivity contribution is 5.83. The first-order valence-corrected chi connectivity index (χ1v) is 7.62. The molecule has 0 atom stereocenters. The number of ether oxygens (including phenoxy) is 2. The van der Waals surface area contributed by atoms with Crippen LogP contribution in [0.15, 0.2) is 18.2 Å². The monoisotopic (exact) mass is 338 g/mol. The van der Waals surface area contributed by atoms with Gasteiger partial charge in [-0.25, -0.2) is 20.0 Å². The van der Waals surface area contributed by atoms with Gasteiger partial charge in [-0.2, -0.15) is 0 Å². The molecule has 1 aromatic rings. The molecule has 0 saturated heterocycles. The summed E-state index contributed by atoms with van der Waals surface area (Å²) in [7, 11) is 0. The molecule has 0 bridgehead atoms. The molecule has 8 nitrogen and oxygen atoms in total. The van der Waals surface area contributed by atoms with E-state index in [9.17, 15) is 9.59 Å². The van der Waals surface area contributed by atoms with Crippen molar-refractivity contribution in [3.63, 3.8) is 0 Å². The number of rotatable bonds is 4. The summed E-state index contributed by atoms with van der Waals surface area (Å²) in [5.74, 6) is 0.362. The average Bonchev–Trinajstić information content (AvgIpc) is 2.34. The summed E-state index contributed by atoms with van der Waals surface area (Å²) < 4.78 is 10.3. The Balaban J connectivity index is 2.48. The van der Waals surface area contributed by atoms with E-state index in [0.29, 0.717) is 11.5 Å². The third-order valence-corrected chi connectivity index (χ3v) is 2.29. The van der Waals surface area contributed by atoms with Crippen molar-refractivity contribution in [2.45, 2.75) is 59.3 Å². The first kappa shape index (κ1) is 19.7. The molecule has 0 radical (unpaired) electrons. The van der Waals surface area contributed by atoms with E-state index in [-0.39, 0.29) is 6.54 Å². The Labute approximate surface area is 142 Å². The summed E-state index contributed by atoms with van der Waals surface area (Å²) in [6.45, 7) is 10.9. The van der Waals surface area contributed by atoms with E-state index in [1.165, 1.54) is 0 Å². The van der Waals surface area contributed by atoms with Gasteiger partial charge in [0.15, 0.2) is 0 Å². The standard InChI is InChI=1S/C16H26N4O4/c1-15(2,3)23-13(21)19-12-9-7-8-11(18-12)10-17-20-14(22)24-16(4,5)6/h7-9,17H,10H2,1-6H3,(H,20,22)(H,18,19,21). The first-order valence-electron chi connectivity index (χ1n) is 7.62. The van der Waals surface area contributed by atoms with Crippen LogP contribution in [-0.4, -0.2) is 28.4 Å². The van der Waals surface area contributed by atoms with Crippen molar-refractivity contribution in [1.29, 1.82) is 0 Å². The molecule has 0 aliphatic rings. The predicted molar refractivity (Wildman–Crippen MR) is 90.3 cm³/mol. The molecular weight excluding hydrogens is 312 g/mol. The minimum atomic E-state index is -0.583. The second-order valence-corrected chi connectivity index (χ2v) is 7.12. The van der Waals surface area contributed by atoms with Crippen LogP contribution in [0.1, 0.15) is 47.2 Å². The smallest absolute Gasteiger partial charge is 0.422 e. The number of hydrazine groups is 1. The molecule has 0 aliphatic heterocycles. The second-order valence-electron chi connectivity index (χ2n) is 7.12. The average molecular weight is 338 g/mol. The first-order chi connectivity index (χ1) is 10.9. The maximum Gasteiger partial charge on any atom is 0.422 e. The zero-order valence-electron chi connectivity index (χ0n) is 15.0. The number of anilines is 1. The van der Waals surface area contributed by atoms with Gasteiger partial charge in [-0.3, -0.25) is 10.7 Å². The van der Waals surface area contributed by atoms with Crippen LogP contribution in [0.2, 0.25) is 0 Å². The summed E-state index contributed by atoms with van der Waals surface area (Å²) in [6.07, 6.45) is -1.16. The van der Waals surface area contributed by atoms with Gasteiger partial charge in [-0.15, -0.1) is 0 Å². The van der Waals surface area contributed by atoms with Crippen molar-refractivity contribution in [1.82, 2.24) is 15.8 Å². The molecule has 0 unspecified atom stereocenters. The van der Waals surface area contributed by atoms with Crippen LogP contribution in [0, 0.1) is 0 Å². The van der Waals surface area contributed by atoms with Gasteiger partial charge in [0.05, 0.1) is 12.2 Å². The van der Waals surface area contributed by atoms with Gasteiger partial charge < -0.3 is 9.47 Å². The summed E-state index contributed by atoms with van der Waals surface area (Å²) >= 11 is 0. The molecule has 24 heavy (non-hydrogen) atoms. The zero-order valence-corrected chi connectivity index (χ0v) is 15.0. The Morgan fingerprint density at radius 1 is 1.00 bits per heavy atom. The van der Waals surface area contributed by atoms with Gasteiger partial charge in [-0.05, 0) is 53.7 Å². The van der Waals surface area contributed by atoms with E-state index in [1.807, 2.05) is 0 Å². The lowest BCUT2D eigenvalue weighted by Gasteiger charge is -2.20. The van der Waals surface area contributed by atoms with Crippen molar-refractivity contribution in [3.8, 4) is 0 Å². The third kappa shape index (κ3) is 8.94. The highest BCUT2D eigenvalue weighted by Gasteiger charge is 2.17. The molecule has 0 aromatic carbocycles. The number of hydrogen-bond acceptors (Lipinski definition) is 6. The Morgan fingerprint density at radius 2 is 1.58 bits per heavy atom. The predicted octanol–water partition coefficient (Wildman–Crippen LogP) is 2.96. The largest absolute Gasteiger partial charge is 0.444 e. The molecule has 1 rings (SSSR count). The topological polar surface area (TPSA) is 102 Å². The van der Waals surface area contributed by atoms with Crippen molar-refractivity contribution in [3.05, 3.63) is 23.9 Å². The van der Waals surface area contributed by atoms with Crippen LogP contribution in [0.4, 0.5) is 15.4 Å². The van der Waals surface area contributed by atoms with Crippen molar-refractivity contribution in [2.75, 3.05) is 5.32 Å². The van der Waals surface area contributed by atoms with Gasteiger partial charge in [0.2, 0.25) is 0 Å². The highest BCUT2D eigenvalue weighted by Crippen LogP contribution is 2.10. The molecule has 0 saturated carbocycles. The van der Waals surface area contributed by atoms with Gasteiger partial charge in [0.1, 0.15) is 17.0 Å². The Hall–Kier alpha value is -2.35. The van der Waals surface area contributed by atoms with Crippen LogP contribution in [-0.2, 0) is 16.0 Å². The molecule has 0 fully saturated rings. The van der Waals surface area contributed by atoms with Gasteiger partial charge in [-0.1, -0.05) is 6.07 Å². The summed E-state index contributed by atoms with van der Waals surface area (Å²) in [6, 6.07) is 5.14. The van der Waals surface area contributed by atoms with E-state index in [4.69, 9.17) is 9.47 Å². The molecular formula is C16H26N4O4. The van der Waals surface area contributed by atoms with Gasteiger partial charge >= 0.3 is 12.2 Å². The molecule has 1 heterocycles. The van der Waals surface area contributed by atoms with E-state index in [2.05, 4.69) is 21.2 Å². The van der Waals surface area contributed by atoms with Crippen LogP contribution in [0.5, 0.6) is 0 Å². The van der Waals surface area contributed by atoms with Gasteiger partial charge in [0.25, 0.3) is 0 Å². The van der Waals surface area contributed by atoms with Crippen molar-refractivity contribution in [2.24, 2.45) is 0 Å². The Kier molecular flexibility index (Phi) is 6.53. The SMILES string of the molecule is CC(C)(C)OC(=O)NNCc1cccc(NC(=O)OC(C)(C)C)n1. The van der Waals surface area contributed by atoms with Crippen LogP contribution in [0.3, 0.4) is 0 Å². The molecule has 0 aliphatic carbocycles. The summed E-state index contributed by atoms with van der Waals surface area (Å²) in [5.41, 5.74) is 4.60. The number of nitrogens with zero attached hydrogens (tertiary/aromatic N) is 1. The maximum atomic E-state index is 11.7. The fourth-order valence-electron chi connectivity index (χ4n) is 1.57. The van der Waals surface area contributed by atoms with Crippen LogP contribution >= 0.6 is 0 Å². The molecule has 1 aromatic heterocycles. The third-order valence-electron chi connectivity index (χ3n) is 2.29. The molecule has 0 spiro atoms. The minimum absolute atomic E-state index is 0.267. The number of hydrogen-bond donors (Lipinski definition) is 3. The number of pyridine rings is 1. The fourth-order valence-corrected chi connectivity index (χ4v) is 1.57. The molecule has 2 amide bonds. The fraction of sp³-hybridized carbons (Fsp3) is 0.562. The number of nitrogens with one attached hydrogen (secondary N) is 3. The summed E-state index contributed by atoms with van der Waals surface area (Å²) in [4.78, 5) is 27.5. The lowest BCUT2D eigenvalue weighted by atomic mass is 10.2. The van der Waals surface area contributed by atoms with Crippen molar-refractivity contribution >= 4 is 18.0 Å². The van der Waals surface area contributed by atoms with E-state index >= 15 is 0 Å². The van der Waals surface area contributed by atoms with E-state index in [1.54, 1.807) is 59.7 Å². The molecule has 134 valence electrons. The Morgan fingerprint density at radius 3 is 2.17 bits per heavy atom. The quantitative estimate of drug-likeness (QED) is 0.730. The van der Waals surface area contributed by atoms with Gasteiger partial charge in [0, 0.05) is 0 Å². The minimum Gasteiger partial charge on any atom is -0.444 e. The maximum absolute atomic E-state index is 11.7. The van der Waals surface area contributed by atoms with E-state index < -0.39 is 23.4 Å². The van der Waals surface area contributed by atoms with Crippen LogP contribution < -0.4 is 16.2 Å². The number of carbonyl (C=O) groups is 2. The second kappa shape index (κ2) is 7.96. The Bertz CT molecular complexity index is 576. The zero-order chi connectivity index (χ0) is 18.4. The van der Waals surface area contributed by atoms with Crippen LogP contribution in [0.25, 0.3) is 0 Å². The van der Waals surface area contributed by atoms with E-state index in [0.717, 1.165) is 0 Å². The summed E-state index contributed by atoms with van der Waals surface area (Å²) in [5, 5.41) is 2.56. The van der Waals surface area contributed by atoms with Crippen molar-refractivity contribution < 1.29 is 19.1 Å².